The smallest absolute Gasteiger partial charge is 0.211 e. The Morgan fingerprint density at radius 1 is 1.56 bits per heavy atom. The molecule has 0 aliphatic carbocycles. The Morgan fingerprint density at radius 3 is 3.25 bits per heavy atom. The molecule has 2 rings (SSSR count). The maximum Gasteiger partial charge on any atom is 0.211 e. The van der Waals surface area contributed by atoms with Gasteiger partial charge in [-0.1, -0.05) is 6.42 Å². The second-order valence-corrected chi connectivity index (χ2v) is 4.39. The van der Waals surface area contributed by atoms with E-state index in [0.717, 1.165) is 43.9 Å². The molecule has 1 atom stereocenters. The molecule has 1 saturated heterocycles. The van der Waals surface area contributed by atoms with Crippen LogP contribution in [0.1, 0.15) is 43.3 Å². The van der Waals surface area contributed by atoms with Crippen LogP contribution in [0.2, 0.25) is 0 Å². The van der Waals surface area contributed by atoms with E-state index in [2.05, 4.69) is 15.6 Å². The molecule has 16 heavy (non-hydrogen) atoms. The summed E-state index contributed by atoms with van der Waals surface area (Å²) in [6.07, 6.45) is 7.61. The van der Waals surface area contributed by atoms with Crippen molar-refractivity contribution < 1.29 is 4.42 Å². The highest BCUT2D eigenvalue weighted by Crippen LogP contribution is 2.22. The van der Waals surface area contributed by atoms with Crippen molar-refractivity contribution >= 4 is 0 Å². The molecular weight excluding hydrogens is 202 g/mol. The maximum absolute atomic E-state index is 5.54. The number of aromatic nitrogens is 1. The molecule has 4 nitrogen and oxygen atoms in total. The minimum absolute atomic E-state index is 0.340. The van der Waals surface area contributed by atoms with Crippen LogP contribution in [0, 0.1) is 0 Å². The van der Waals surface area contributed by atoms with Gasteiger partial charge < -0.3 is 15.1 Å². The van der Waals surface area contributed by atoms with Crippen molar-refractivity contribution in [3.05, 3.63) is 17.8 Å². The van der Waals surface area contributed by atoms with Crippen molar-refractivity contribution in [2.45, 2.75) is 38.1 Å². The van der Waals surface area contributed by atoms with Crippen molar-refractivity contribution in [3.8, 4) is 0 Å². The summed E-state index contributed by atoms with van der Waals surface area (Å²) in [5.41, 5.74) is 1.08. The van der Waals surface area contributed by atoms with Gasteiger partial charge in [-0.2, -0.15) is 0 Å². The molecule has 0 aromatic carbocycles. The predicted octanol–water partition coefficient (Wildman–Crippen LogP) is 1.64. The molecular formula is C12H21N3O. The molecule has 4 heteroatoms. The molecule has 2 N–H and O–H groups in total. The summed E-state index contributed by atoms with van der Waals surface area (Å²) in [5, 5.41) is 6.58. The van der Waals surface area contributed by atoms with Crippen LogP contribution >= 0.6 is 0 Å². The number of piperidine rings is 1. The Morgan fingerprint density at radius 2 is 2.50 bits per heavy atom. The maximum atomic E-state index is 5.54. The van der Waals surface area contributed by atoms with Crippen LogP contribution in [0.5, 0.6) is 0 Å². The Labute approximate surface area is 96.8 Å². The van der Waals surface area contributed by atoms with Gasteiger partial charge >= 0.3 is 0 Å². The largest absolute Gasteiger partial charge is 0.447 e. The number of rotatable bonds is 5. The van der Waals surface area contributed by atoms with E-state index in [4.69, 9.17) is 4.42 Å². The molecule has 1 aliphatic rings. The number of nitrogens with zero attached hydrogens (tertiary/aromatic N) is 1. The van der Waals surface area contributed by atoms with E-state index in [1.807, 2.05) is 7.05 Å². The van der Waals surface area contributed by atoms with Crippen molar-refractivity contribution in [1.29, 1.82) is 0 Å². The Hall–Kier alpha value is -0.870. The minimum atomic E-state index is 0.340. The van der Waals surface area contributed by atoms with Gasteiger partial charge in [0.15, 0.2) is 0 Å². The van der Waals surface area contributed by atoms with Crippen molar-refractivity contribution in [2.24, 2.45) is 0 Å². The molecule has 2 heterocycles. The third-order valence-corrected chi connectivity index (χ3v) is 3.04. The molecule has 0 bridgehead atoms. The quantitative estimate of drug-likeness (QED) is 0.745. The van der Waals surface area contributed by atoms with Crippen LogP contribution in [0.3, 0.4) is 0 Å². The first-order chi connectivity index (χ1) is 7.90. The second-order valence-electron chi connectivity index (χ2n) is 4.39. The molecule has 1 aromatic heterocycles. The first-order valence-electron chi connectivity index (χ1n) is 6.22. The molecule has 0 radical (unpaired) electrons. The lowest BCUT2D eigenvalue weighted by atomic mass is 10.1. The summed E-state index contributed by atoms with van der Waals surface area (Å²) in [5.74, 6) is 0.874. The Bertz CT molecular complexity index is 305. The highest BCUT2D eigenvalue weighted by atomic mass is 16.3. The van der Waals surface area contributed by atoms with E-state index in [1.165, 1.54) is 12.8 Å². The summed E-state index contributed by atoms with van der Waals surface area (Å²) in [7, 11) is 1.97. The van der Waals surface area contributed by atoms with E-state index >= 15 is 0 Å². The zero-order chi connectivity index (χ0) is 11.2. The van der Waals surface area contributed by atoms with Gasteiger partial charge in [0.25, 0.3) is 0 Å². The molecule has 0 saturated carbocycles. The van der Waals surface area contributed by atoms with Crippen LogP contribution in [0.25, 0.3) is 0 Å². The van der Waals surface area contributed by atoms with Crippen LogP contribution in [0.15, 0.2) is 10.7 Å². The van der Waals surface area contributed by atoms with Gasteiger partial charge in [0.2, 0.25) is 5.89 Å². The number of hydrogen-bond donors (Lipinski definition) is 2. The molecule has 0 amide bonds. The average molecular weight is 223 g/mol. The molecule has 1 unspecified atom stereocenters. The summed E-state index contributed by atoms with van der Waals surface area (Å²) in [4.78, 5) is 4.55. The summed E-state index contributed by atoms with van der Waals surface area (Å²) < 4.78 is 5.54. The fourth-order valence-corrected chi connectivity index (χ4v) is 2.11. The number of hydrogen-bond acceptors (Lipinski definition) is 4. The van der Waals surface area contributed by atoms with Gasteiger partial charge in [-0.05, 0) is 45.8 Å². The first-order valence-corrected chi connectivity index (χ1v) is 6.22. The Kier molecular flexibility index (Phi) is 4.36. The van der Waals surface area contributed by atoms with Gasteiger partial charge in [0.1, 0.15) is 6.26 Å². The van der Waals surface area contributed by atoms with Crippen molar-refractivity contribution in [1.82, 2.24) is 15.6 Å². The van der Waals surface area contributed by atoms with Crippen LogP contribution in [-0.2, 0) is 6.42 Å². The van der Waals surface area contributed by atoms with E-state index in [-0.39, 0.29) is 0 Å². The average Bonchev–Trinajstić information content (AvgIpc) is 2.79. The highest BCUT2D eigenvalue weighted by molar-refractivity contribution is 5.01. The number of aryl methyl sites for hydroxylation is 1. The second kappa shape index (κ2) is 6.01. The van der Waals surface area contributed by atoms with Crippen LogP contribution < -0.4 is 10.6 Å². The van der Waals surface area contributed by atoms with Gasteiger partial charge in [0.05, 0.1) is 11.7 Å². The lowest BCUT2D eigenvalue weighted by Crippen LogP contribution is -2.27. The van der Waals surface area contributed by atoms with Crippen molar-refractivity contribution in [2.75, 3.05) is 20.1 Å². The molecule has 0 spiro atoms. The summed E-state index contributed by atoms with van der Waals surface area (Å²) in [6.45, 7) is 2.12. The van der Waals surface area contributed by atoms with Gasteiger partial charge in [-0.3, -0.25) is 0 Å². The lowest BCUT2D eigenvalue weighted by molar-refractivity contribution is 0.338. The van der Waals surface area contributed by atoms with Gasteiger partial charge in [-0.15, -0.1) is 0 Å². The third kappa shape index (κ3) is 3.06. The molecule has 1 aliphatic heterocycles. The normalized spacial score (nSPS) is 21.2. The van der Waals surface area contributed by atoms with Crippen LogP contribution in [-0.4, -0.2) is 25.1 Å². The van der Waals surface area contributed by atoms with E-state index in [1.54, 1.807) is 6.26 Å². The molecule has 1 fully saturated rings. The third-order valence-electron chi connectivity index (χ3n) is 3.04. The topological polar surface area (TPSA) is 50.1 Å². The summed E-state index contributed by atoms with van der Waals surface area (Å²) in [6, 6.07) is 0.340. The van der Waals surface area contributed by atoms with Gasteiger partial charge in [-0.25, -0.2) is 4.98 Å². The molecule has 90 valence electrons. The molecule has 1 aromatic rings. The predicted molar refractivity (Wildman–Crippen MR) is 63.3 cm³/mol. The fraction of sp³-hybridized carbons (Fsp3) is 0.750. The van der Waals surface area contributed by atoms with E-state index < -0.39 is 0 Å². The van der Waals surface area contributed by atoms with Gasteiger partial charge in [0, 0.05) is 0 Å². The Balaban J connectivity index is 1.85. The number of nitrogens with one attached hydrogen (secondary N) is 2. The monoisotopic (exact) mass is 223 g/mol. The zero-order valence-corrected chi connectivity index (χ0v) is 9.96. The fourth-order valence-electron chi connectivity index (χ4n) is 2.11. The van der Waals surface area contributed by atoms with Crippen molar-refractivity contribution in [3.63, 3.8) is 0 Å². The SMILES string of the molecule is CNCCCc1coc(C2CCCCN2)n1. The van der Waals surface area contributed by atoms with E-state index in [0.29, 0.717) is 6.04 Å². The lowest BCUT2D eigenvalue weighted by Gasteiger charge is -2.20. The standard InChI is InChI=1S/C12H21N3O/c1-13-7-4-5-10-9-16-12(15-10)11-6-2-3-8-14-11/h9,11,13-14H,2-8H2,1H3. The first kappa shape index (κ1) is 11.6. The number of oxazole rings is 1. The zero-order valence-electron chi connectivity index (χ0n) is 9.96. The highest BCUT2D eigenvalue weighted by Gasteiger charge is 2.19. The van der Waals surface area contributed by atoms with E-state index in [9.17, 15) is 0 Å². The minimum Gasteiger partial charge on any atom is -0.447 e. The summed E-state index contributed by atoms with van der Waals surface area (Å²) >= 11 is 0. The van der Waals surface area contributed by atoms with Crippen LogP contribution in [0.4, 0.5) is 0 Å².